The third-order valence-electron chi connectivity index (χ3n) is 2.56. The third-order valence-corrected chi connectivity index (χ3v) is 2.56. The first-order valence-corrected chi connectivity index (χ1v) is 5.32. The molecule has 0 unspecified atom stereocenters. The molecule has 0 aliphatic carbocycles. The fourth-order valence-corrected chi connectivity index (χ4v) is 1.80. The van der Waals surface area contributed by atoms with Crippen molar-refractivity contribution in [3.05, 3.63) is 36.2 Å². The molecule has 4 heteroatoms. The third kappa shape index (κ3) is 2.73. The Morgan fingerprint density at radius 3 is 2.81 bits per heavy atom. The van der Waals surface area contributed by atoms with Gasteiger partial charge in [-0.3, -0.25) is 4.79 Å². The molecule has 0 aromatic heterocycles. The molecule has 85 valence electrons. The second-order valence-corrected chi connectivity index (χ2v) is 3.74. The lowest BCUT2D eigenvalue weighted by Crippen LogP contribution is -2.36. The summed E-state index contributed by atoms with van der Waals surface area (Å²) in [6.07, 6.45) is 1.43. The molecule has 1 radical (unpaired) electrons. The molecule has 1 amide bonds. The molecule has 1 aliphatic heterocycles. The normalized spacial score (nSPS) is 16.1. The number of carbonyl (C=O) groups is 1. The lowest BCUT2D eigenvalue weighted by atomic mass is 10.1. The van der Waals surface area contributed by atoms with E-state index in [-0.39, 0.29) is 0 Å². The number of morpholine rings is 1. The van der Waals surface area contributed by atoms with Crippen molar-refractivity contribution in [3.63, 3.8) is 0 Å². The van der Waals surface area contributed by atoms with Crippen molar-refractivity contribution in [2.75, 3.05) is 31.2 Å². The van der Waals surface area contributed by atoms with E-state index in [0.29, 0.717) is 0 Å². The Hall–Kier alpha value is -1.55. The van der Waals surface area contributed by atoms with Gasteiger partial charge in [-0.15, -0.1) is 0 Å². The van der Waals surface area contributed by atoms with E-state index >= 15 is 0 Å². The van der Waals surface area contributed by atoms with Crippen LogP contribution in [0.4, 0.5) is 5.69 Å². The van der Waals surface area contributed by atoms with Gasteiger partial charge in [0.15, 0.2) is 0 Å². The summed E-state index contributed by atoms with van der Waals surface area (Å²) in [6.45, 7) is 3.29. The molecule has 2 rings (SSSR count). The minimum absolute atomic E-state index is 0.417. The van der Waals surface area contributed by atoms with Crippen LogP contribution in [0.3, 0.4) is 0 Å². The van der Waals surface area contributed by atoms with E-state index in [9.17, 15) is 4.79 Å². The number of nitrogens with zero attached hydrogens (tertiary/aromatic N) is 1. The molecule has 16 heavy (non-hydrogen) atoms. The number of rotatable bonds is 3. The molecule has 1 aromatic carbocycles. The van der Waals surface area contributed by atoms with Crippen LogP contribution in [0, 0.1) is 6.42 Å². The molecule has 1 fully saturated rings. The molecule has 1 heterocycles. The number of carbonyl (C=O) groups excluding carboxylic acids is 1. The molecule has 1 aliphatic rings. The zero-order valence-corrected chi connectivity index (χ0v) is 9.06. The van der Waals surface area contributed by atoms with Gasteiger partial charge in [0.05, 0.1) is 19.6 Å². The topological polar surface area (TPSA) is 55.6 Å². The highest BCUT2D eigenvalue weighted by atomic mass is 16.5. The van der Waals surface area contributed by atoms with Gasteiger partial charge < -0.3 is 15.4 Å². The number of amides is 1. The number of anilines is 1. The highest BCUT2D eigenvalue weighted by Gasteiger charge is 2.11. The Labute approximate surface area is 95.0 Å². The molecule has 1 saturated heterocycles. The zero-order valence-electron chi connectivity index (χ0n) is 9.06. The Kier molecular flexibility index (Phi) is 3.41. The van der Waals surface area contributed by atoms with Crippen molar-refractivity contribution in [1.82, 2.24) is 0 Å². The van der Waals surface area contributed by atoms with Crippen LogP contribution in [0.5, 0.6) is 0 Å². The van der Waals surface area contributed by atoms with Gasteiger partial charge in [0.1, 0.15) is 0 Å². The van der Waals surface area contributed by atoms with Crippen LogP contribution in [0.1, 0.15) is 5.56 Å². The van der Waals surface area contributed by atoms with Crippen molar-refractivity contribution >= 4 is 11.6 Å². The predicted molar refractivity (Wildman–Crippen MR) is 62.1 cm³/mol. The first kappa shape index (κ1) is 11.0. The fraction of sp³-hybridized carbons (Fsp3) is 0.333. The first-order chi connectivity index (χ1) is 7.75. The number of nitrogens with two attached hydrogens (primary N) is 1. The van der Waals surface area contributed by atoms with Crippen LogP contribution >= 0.6 is 0 Å². The minimum atomic E-state index is -0.417. The van der Waals surface area contributed by atoms with Gasteiger partial charge in [0, 0.05) is 18.8 Å². The van der Waals surface area contributed by atoms with E-state index in [1.165, 1.54) is 6.42 Å². The molecular formula is C12H15N2O2. The van der Waals surface area contributed by atoms with E-state index in [2.05, 4.69) is 4.90 Å². The Bertz CT molecular complexity index is 373. The minimum Gasteiger partial charge on any atom is -0.378 e. The van der Waals surface area contributed by atoms with E-state index in [0.717, 1.165) is 37.6 Å². The maximum Gasteiger partial charge on any atom is 0.226 e. The average molecular weight is 219 g/mol. The lowest BCUT2D eigenvalue weighted by molar-refractivity contribution is -0.114. The van der Waals surface area contributed by atoms with Gasteiger partial charge in [-0.05, 0) is 17.7 Å². The summed E-state index contributed by atoms with van der Waals surface area (Å²) in [5, 5.41) is 0. The second-order valence-electron chi connectivity index (χ2n) is 3.74. The summed E-state index contributed by atoms with van der Waals surface area (Å²) >= 11 is 0. The van der Waals surface area contributed by atoms with Crippen molar-refractivity contribution in [2.24, 2.45) is 5.73 Å². The maximum atomic E-state index is 10.8. The Balaban J connectivity index is 2.11. The monoisotopic (exact) mass is 219 g/mol. The second kappa shape index (κ2) is 4.99. The molecule has 1 aromatic rings. The van der Waals surface area contributed by atoms with E-state index in [1.807, 2.05) is 24.3 Å². The van der Waals surface area contributed by atoms with Crippen LogP contribution in [0.25, 0.3) is 0 Å². The van der Waals surface area contributed by atoms with Crippen LogP contribution in [-0.4, -0.2) is 32.2 Å². The maximum absolute atomic E-state index is 10.8. The highest BCUT2D eigenvalue weighted by Crippen LogP contribution is 2.18. The first-order valence-electron chi connectivity index (χ1n) is 5.32. The van der Waals surface area contributed by atoms with E-state index in [4.69, 9.17) is 10.5 Å². The standard InChI is InChI=1S/C12H15N2O2/c13-12(15)9-10-2-1-3-11(8-10)14-4-6-16-7-5-14/h1-3,8-9H,4-7H2,(H2,13,15). The fourth-order valence-electron chi connectivity index (χ4n) is 1.80. The Morgan fingerprint density at radius 1 is 1.38 bits per heavy atom. The van der Waals surface area contributed by atoms with Gasteiger partial charge in [-0.1, -0.05) is 12.1 Å². The summed E-state index contributed by atoms with van der Waals surface area (Å²) in [7, 11) is 0. The summed E-state index contributed by atoms with van der Waals surface area (Å²) in [5.74, 6) is -0.417. The number of ether oxygens (including phenoxy) is 1. The molecule has 0 saturated carbocycles. The number of primary amides is 1. The average Bonchev–Trinajstić information content (AvgIpc) is 2.30. The molecule has 0 spiro atoms. The summed E-state index contributed by atoms with van der Waals surface area (Å²) in [5.41, 5.74) is 7.08. The van der Waals surface area contributed by atoms with Crippen molar-refractivity contribution < 1.29 is 9.53 Å². The molecule has 4 nitrogen and oxygen atoms in total. The zero-order chi connectivity index (χ0) is 11.4. The van der Waals surface area contributed by atoms with E-state index < -0.39 is 5.91 Å². The van der Waals surface area contributed by atoms with Gasteiger partial charge in [0.2, 0.25) is 5.91 Å². The largest absolute Gasteiger partial charge is 0.378 e. The Morgan fingerprint density at radius 2 is 2.12 bits per heavy atom. The van der Waals surface area contributed by atoms with Crippen molar-refractivity contribution in [2.45, 2.75) is 0 Å². The summed E-state index contributed by atoms with van der Waals surface area (Å²) < 4.78 is 5.29. The van der Waals surface area contributed by atoms with Crippen molar-refractivity contribution in [3.8, 4) is 0 Å². The lowest BCUT2D eigenvalue weighted by Gasteiger charge is -2.29. The van der Waals surface area contributed by atoms with Gasteiger partial charge in [-0.2, -0.15) is 0 Å². The number of hydrogen-bond donors (Lipinski definition) is 1. The summed E-state index contributed by atoms with van der Waals surface area (Å²) in [4.78, 5) is 13.0. The molecule has 2 N–H and O–H groups in total. The van der Waals surface area contributed by atoms with Crippen LogP contribution in [0.2, 0.25) is 0 Å². The predicted octanol–water partition coefficient (Wildman–Crippen LogP) is 0.561. The molecular weight excluding hydrogens is 204 g/mol. The smallest absolute Gasteiger partial charge is 0.226 e. The van der Waals surface area contributed by atoms with Crippen LogP contribution < -0.4 is 10.6 Å². The van der Waals surface area contributed by atoms with E-state index in [1.54, 1.807) is 0 Å². The summed E-state index contributed by atoms with van der Waals surface area (Å²) in [6, 6.07) is 7.80. The van der Waals surface area contributed by atoms with Gasteiger partial charge >= 0.3 is 0 Å². The number of hydrogen-bond acceptors (Lipinski definition) is 3. The highest BCUT2D eigenvalue weighted by molar-refractivity contribution is 5.87. The van der Waals surface area contributed by atoms with Crippen molar-refractivity contribution in [1.29, 1.82) is 0 Å². The van der Waals surface area contributed by atoms with Gasteiger partial charge in [0.25, 0.3) is 0 Å². The van der Waals surface area contributed by atoms with Crippen LogP contribution in [0.15, 0.2) is 24.3 Å². The quantitative estimate of drug-likeness (QED) is 0.808. The number of benzene rings is 1. The SMILES string of the molecule is NC(=O)[CH]c1cccc(N2CCOCC2)c1. The van der Waals surface area contributed by atoms with Gasteiger partial charge in [-0.25, -0.2) is 0 Å². The molecule has 0 bridgehead atoms. The molecule has 0 atom stereocenters. The van der Waals surface area contributed by atoms with Crippen LogP contribution in [-0.2, 0) is 9.53 Å².